The third-order valence-electron chi connectivity index (χ3n) is 4.47. The molecule has 2 aromatic carbocycles. The van der Waals surface area contributed by atoms with Gasteiger partial charge in [0.05, 0.1) is 24.4 Å². The predicted octanol–water partition coefficient (Wildman–Crippen LogP) is 4.17. The van der Waals surface area contributed by atoms with Gasteiger partial charge in [0.25, 0.3) is 5.56 Å². The number of thiophene rings is 1. The average molecular weight is 362 g/mol. The van der Waals surface area contributed by atoms with Gasteiger partial charge in [-0.3, -0.25) is 9.36 Å². The molecule has 26 heavy (non-hydrogen) atoms. The molecule has 0 aliphatic rings. The molecular formula is C21H18N2O2S. The van der Waals surface area contributed by atoms with Gasteiger partial charge in [-0.05, 0) is 18.1 Å². The fourth-order valence-corrected chi connectivity index (χ4v) is 4.19. The summed E-state index contributed by atoms with van der Waals surface area (Å²) in [5.74, 6) is 0. The van der Waals surface area contributed by atoms with Gasteiger partial charge < -0.3 is 5.11 Å². The Kier molecular flexibility index (Phi) is 4.41. The Balaban J connectivity index is 1.81. The van der Waals surface area contributed by atoms with Crippen molar-refractivity contribution in [1.82, 2.24) is 9.55 Å². The van der Waals surface area contributed by atoms with E-state index in [0.717, 1.165) is 26.4 Å². The topological polar surface area (TPSA) is 55.1 Å². The molecule has 0 saturated carbocycles. The first-order chi connectivity index (χ1) is 12.6. The van der Waals surface area contributed by atoms with E-state index in [1.54, 1.807) is 0 Å². The van der Waals surface area contributed by atoms with E-state index < -0.39 is 6.10 Å². The van der Waals surface area contributed by atoms with Crippen LogP contribution in [0.5, 0.6) is 0 Å². The molecule has 0 fully saturated rings. The molecule has 0 spiro atoms. The third-order valence-corrected chi connectivity index (χ3v) is 5.48. The Labute approximate surface area is 155 Å². The molecule has 2 aromatic heterocycles. The summed E-state index contributed by atoms with van der Waals surface area (Å²) in [7, 11) is 0. The number of rotatable bonds is 4. The van der Waals surface area contributed by atoms with Gasteiger partial charge in [0.15, 0.2) is 0 Å². The lowest BCUT2D eigenvalue weighted by molar-refractivity contribution is 0.155. The molecule has 1 N–H and O–H groups in total. The number of hydrogen-bond acceptors (Lipinski definition) is 4. The van der Waals surface area contributed by atoms with E-state index >= 15 is 0 Å². The lowest BCUT2D eigenvalue weighted by atomic mass is 10.0. The molecule has 0 bridgehead atoms. The van der Waals surface area contributed by atoms with E-state index in [1.807, 2.05) is 67.6 Å². The number of fused-ring (bicyclic) bond motifs is 1. The molecule has 1 unspecified atom stereocenters. The fraction of sp³-hybridized carbons (Fsp3) is 0.143. The summed E-state index contributed by atoms with van der Waals surface area (Å²) in [4.78, 5) is 19.4. The van der Waals surface area contributed by atoms with Crippen LogP contribution in [0.4, 0.5) is 0 Å². The minimum absolute atomic E-state index is 0.117. The Bertz CT molecular complexity index is 1100. The average Bonchev–Trinajstić information content (AvgIpc) is 3.02. The highest BCUT2D eigenvalue weighted by Gasteiger charge is 2.18. The molecule has 2 heterocycles. The lowest BCUT2D eigenvalue weighted by Gasteiger charge is -2.13. The standard InChI is InChI=1S/C21H18N2O2S/c1-14-18(16-10-6-3-7-11-16)19-20(26-14)22-13-23(21(19)25)12-17(24)15-8-4-2-5-9-15/h2-11,13,17,24H,12H2,1H3. The van der Waals surface area contributed by atoms with Crippen molar-refractivity contribution in [2.45, 2.75) is 19.6 Å². The van der Waals surface area contributed by atoms with Gasteiger partial charge in [-0.15, -0.1) is 11.3 Å². The number of aryl methyl sites for hydroxylation is 1. The summed E-state index contributed by atoms with van der Waals surface area (Å²) in [6.45, 7) is 2.19. The van der Waals surface area contributed by atoms with Crippen LogP contribution in [0.2, 0.25) is 0 Å². The first kappa shape index (κ1) is 16.7. The smallest absolute Gasteiger partial charge is 0.262 e. The summed E-state index contributed by atoms with van der Waals surface area (Å²) in [6.07, 6.45) is 0.773. The second-order valence-electron chi connectivity index (χ2n) is 6.21. The highest BCUT2D eigenvalue weighted by Crippen LogP contribution is 2.35. The summed E-state index contributed by atoms with van der Waals surface area (Å²) in [5.41, 5.74) is 2.61. The van der Waals surface area contributed by atoms with E-state index in [9.17, 15) is 9.90 Å². The van der Waals surface area contributed by atoms with Gasteiger partial charge in [0, 0.05) is 10.4 Å². The highest BCUT2D eigenvalue weighted by molar-refractivity contribution is 7.19. The second-order valence-corrected chi connectivity index (χ2v) is 7.41. The second kappa shape index (κ2) is 6.86. The van der Waals surface area contributed by atoms with Gasteiger partial charge in [0.1, 0.15) is 4.83 Å². The van der Waals surface area contributed by atoms with Gasteiger partial charge in [0.2, 0.25) is 0 Å². The Morgan fingerprint density at radius 3 is 2.42 bits per heavy atom. The summed E-state index contributed by atoms with van der Waals surface area (Å²) in [5, 5.41) is 11.1. The maximum absolute atomic E-state index is 13.1. The van der Waals surface area contributed by atoms with Crippen LogP contribution in [-0.2, 0) is 6.54 Å². The van der Waals surface area contributed by atoms with Crippen molar-refractivity contribution in [3.63, 3.8) is 0 Å². The quantitative estimate of drug-likeness (QED) is 0.593. The minimum atomic E-state index is -0.756. The number of aliphatic hydroxyl groups is 1. The molecule has 0 radical (unpaired) electrons. The Morgan fingerprint density at radius 1 is 1.08 bits per heavy atom. The van der Waals surface area contributed by atoms with E-state index in [1.165, 1.54) is 22.2 Å². The van der Waals surface area contributed by atoms with E-state index in [2.05, 4.69) is 4.98 Å². The van der Waals surface area contributed by atoms with Crippen LogP contribution in [0.25, 0.3) is 21.3 Å². The summed E-state index contributed by atoms with van der Waals surface area (Å²) < 4.78 is 1.50. The van der Waals surface area contributed by atoms with Crippen LogP contribution in [0.3, 0.4) is 0 Å². The van der Waals surface area contributed by atoms with Crippen molar-refractivity contribution in [2.24, 2.45) is 0 Å². The number of aromatic nitrogens is 2. The maximum atomic E-state index is 13.1. The molecule has 1 atom stereocenters. The van der Waals surface area contributed by atoms with Crippen molar-refractivity contribution < 1.29 is 5.11 Å². The molecule has 4 rings (SSSR count). The maximum Gasteiger partial charge on any atom is 0.262 e. The number of aliphatic hydroxyl groups excluding tert-OH is 1. The van der Waals surface area contributed by atoms with Gasteiger partial charge in [-0.25, -0.2) is 4.98 Å². The van der Waals surface area contributed by atoms with E-state index in [4.69, 9.17) is 0 Å². The van der Waals surface area contributed by atoms with Gasteiger partial charge in [-0.1, -0.05) is 60.7 Å². The van der Waals surface area contributed by atoms with Gasteiger partial charge in [-0.2, -0.15) is 0 Å². The van der Waals surface area contributed by atoms with E-state index in [0.29, 0.717) is 5.39 Å². The molecular weight excluding hydrogens is 344 g/mol. The summed E-state index contributed by atoms with van der Waals surface area (Å²) in [6, 6.07) is 19.2. The zero-order valence-electron chi connectivity index (χ0n) is 14.3. The van der Waals surface area contributed by atoms with Crippen LogP contribution < -0.4 is 5.56 Å². The van der Waals surface area contributed by atoms with Crippen LogP contribution in [0.1, 0.15) is 16.5 Å². The normalized spacial score (nSPS) is 12.4. The van der Waals surface area contributed by atoms with Gasteiger partial charge >= 0.3 is 0 Å². The van der Waals surface area contributed by atoms with Crippen molar-refractivity contribution in [3.8, 4) is 11.1 Å². The number of hydrogen-bond donors (Lipinski definition) is 1. The molecule has 0 amide bonds. The highest BCUT2D eigenvalue weighted by atomic mass is 32.1. The fourth-order valence-electron chi connectivity index (χ4n) is 3.19. The zero-order chi connectivity index (χ0) is 18.1. The number of nitrogens with zero attached hydrogens (tertiary/aromatic N) is 2. The first-order valence-corrected chi connectivity index (χ1v) is 9.24. The Hall–Kier alpha value is -2.76. The molecule has 0 aliphatic carbocycles. The molecule has 4 nitrogen and oxygen atoms in total. The SMILES string of the molecule is Cc1sc2ncn(CC(O)c3ccccc3)c(=O)c2c1-c1ccccc1. The lowest BCUT2D eigenvalue weighted by Crippen LogP contribution is -2.23. The predicted molar refractivity (Wildman–Crippen MR) is 105 cm³/mol. The molecule has 130 valence electrons. The molecule has 0 saturated heterocycles. The molecule has 0 aliphatic heterocycles. The molecule has 5 heteroatoms. The zero-order valence-corrected chi connectivity index (χ0v) is 15.1. The van der Waals surface area contributed by atoms with E-state index in [-0.39, 0.29) is 12.1 Å². The largest absolute Gasteiger partial charge is 0.387 e. The van der Waals surface area contributed by atoms with Crippen molar-refractivity contribution >= 4 is 21.6 Å². The molecule has 4 aromatic rings. The van der Waals surface area contributed by atoms with Crippen LogP contribution in [0, 0.1) is 6.92 Å². The number of benzene rings is 2. The van der Waals surface area contributed by atoms with Crippen LogP contribution >= 0.6 is 11.3 Å². The monoisotopic (exact) mass is 362 g/mol. The van der Waals surface area contributed by atoms with Crippen LogP contribution in [0.15, 0.2) is 71.8 Å². The van der Waals surface area contributed by atoms with Crippen molar-refractivity contribution in [3.05, 3.63) is 87.8 Å². The van der Waals surface area contributed by atoms with Crippen molar-refractivity contribution in [1.29, 1.82) is 0 Å². The summed E-state index contributed by atoms with van der Waals surface area (Å²) >= 11 is 1.52. The minimum Gasteiger partial charge on any atom is -0.387 e. The first-order valence-electron chi connectivity index (χ1n) is 8.42. The van der Waals surface area contributed by atoms with Crippen molar-refractivity contribution in [2.75, 3.05) is 0 Å². The third kappa shape index (κ3) is 2.96. The Morgan fingerprint density at radius 2 is 1.73 bits per heavy atom. The van der Waals surface area contributed by atoms with Crippen LogP contribution in [-0.4, -0.2) is 14.7 Å².